The zero-order valence-corrected chi connectivity index (χ0v) is 31.1. The summed E-state index contributed by atoms with van der Waals surface area (Å²) in [6.45, 7) is 16.4. The summed E-state index contributed by atoms with van der Waals surface area (Å²) in [7, 11) is 0. The maximum Gasteiger partial charge on any atom is 0.437 e. The van der Waals surface area contributed by atoms with E-state index in [1.165, 1.54) is 12.1 Å². The van der Waals surface area contributed by atoms with Crippen molar-refractivity contribution in [2.45, 2.75) is 86.0 Å². The summed E-state index contributed by atoms with van der Waals surface area (Å²) < 4.78 is 16.1. The molecule has 1 atom stereocenters. The van der Waals surface area contributed by atoms with Crippen LogP contribution >= 0.6 is 0 Å². The molecule has 0 unspecified atom stereocenters. The average Bonchev–Trinajstić information content (AvgIpc) is 3.02. The zero-order chi connectivity index (χ0) is 38.3. The van der Waals surface area contributed by atoms with Gasteiger partial charge in [0.15, 0.2) is 0 Å². The number of carbonyl (C=O) groups is 4. The lowest BCUT2D eigenvalue weighted by Crippen LogP contribution is -2.45. The first-order chi connectivity index (χ1) is 24.2. The maximum absolute atomic E-state index is 13.3. The van der Waals surface area contributed by atoms with E-state index in [9.17, 15) is 19.2 Å². The Balaban J connectivity index is 1.42. The Morgan fingerprint density at radius 3 is 2.04 bits per heavy atom. The highest BCUT2D eigenvalue weighted by Gasteiger charge is 2.27. The summed E-state index contributed by atoms with van der Waals surface area (Å²) >= 11 is 0. The fraction of sp³-hybridized carbons (Fsp3) is 0.350. The van der Waals surface area contributed by atoms with Gasteiger partial charge < -0.3 is 24.8 Å². The number of hydrogen-bond acceptors (Lipinski definition) is 8. The molecular formula is C40H47N5O7. The lowest BCUT2D eigenvalue weighted by Gasteiger charge is -2.31. The smallest absolute Gasteiger partial charge is 0.437 e. The largest absolute Gasteiger partial charge is 0.444 e. The number of carbonyl (C=O) groups excluding carboxylic acids is 4. The van der Waals surface area contributed by atoms with Gasteiger partial charge in [-0.25, -0.2) is 19.4 Å². The molecular weight excluding hydrogens is 662 g/mol. The van der Waals surface area contributed by atoms with Crippen molar-refractivity contribution in [1.82, 2.24) is 15.6 Å². The lowest BCUT2D eigenvalue weighted by atomic mass is 9.83. The number of nitrogens with zero attached hydrogens (tertiary/aromatic N) is 2. The molecule has 4 aromatic rings. The molecule has 4 rings (SSSR count). The molecule has 1 aromatic heterocycles. The molecule has 0 spiro atoms. The third-order valence-corrected chi connectivity index (χ3v) is 7.34. The van der Waals surface area contributed by atoms with Crippen molar-refractivity contribution in [3.05, 3.63) is 102 Å². The van der Waals surface area contributed by atoms with Gasteiger partial charge in [-0.15, -0.1) is 4.99 Å². The summed E-state index contributed by atoms with van der Waals surface area (Å²) in [5.41, 5.74) is 0.857. The fourth-order valence-electron chi connectivity index (χ4n) is 4.81. The van der Waals surface area contributed by atoms with Gasteiger partial charge in [-0.2, -0.15) is 0 Å². The van der Waals surface area contributed by atoms with Crippen molar-refractivity contribution in [2.75, 3.05) is 5.32 Å². The highest BCUT2D eigenvalue weighted by molar-refractivity contribution is 6.06. The summed E-state index contributed by atoms with van der Waals surface area (Å²) in [6, 6.07) is 24.4. The van der Waals surface area contributed by atoms with Crippen LogP contribution in [0, 0.1) is 5.41 Å². The zero-order valence-electron chi connectivity index (χ0n) is 31.1. The standard InChI is InChI=1S/C40H47N5O7/c1-38(2,3)32(23-25-13-11-10-12-14-25)43-33(46)31-21-17-27-24-29(20-22-30(27)42-31)50-34(47)26-15-18-28(19-16-26)41-35(44-36(48)51-39(4,5)6)45-37(49)52-40(7,8)9/h10-22,24,32H,23H2,1-9H3,(H,43,46)(H2,41,44,45,48,49)/t32-/m0/s1. The number of ether oxygens (including phenoxy) is 3. The number of hydrogen-bond donors (Lipinski definition) is 3. The van der Waals surface area contributed by atoms with Crippen LogP contribution < -0.4 is 20.7 Å². The first-order valence-electron chi connectivity index (χ1n) is 16.9. The van der Waals surface area contributed by atoms with Gasteiger partial charge >= 0.3 is 18.2 Å². The summed E-state index contributed by atoms with van der Waals surface area (Å²) in [5.74, 6) is -0.820. The van der Waals surface area contributed by atoms with Crippen molar-refractivity contribution in [2.24, 2.45) is 10.4 Å². The first kappa shape index (κ1) is 39.0. The summed E-state index contributed by atoms with van der Waals surface area (Å²) in [5, 5.41) is 9.10. The van der Waals surface area contributed by atoms with Gasteiger partial charge in [-0.3, -0.25) is 10.1 Å². The number of pyridine rings is 1. The minimum atomic E-state index is -0.927. The Labute approximate surface area is 304 Å². The SMILES string of the molecule is CC(C)(C)OC(=O)/N=C(/NC(=O)OC(C)(C)C)Nc1ccc(C(=O)Oc2ccc3nc(C(=O)N[C@@H](Cc4ccccc4)C(C)(C)C)ccc3c2)cc1. The van der Waals surface area contributed by atoms with E-state index in [0.29, 0.717) is 28.8 Å². The number of aliphatic imine (C=N–C) groups is 1. The number of guanidine groups is 1. The van der Waals surface area contributed by atoms with Gasteiger partial charge in [0, 0.05) is 17.1 Å². The number of anilines is 1. The Morgan fingerprint density at radius 1 is 0.769 bits per heavy atom. The highest BCUT2D eigenvalue weighted by Crippen LogP contribution is 2.25. The molecule has 3 N–H and O–H groups in total. The van der Waals surface area contributed by atoms with E-state index in [0.717, 1.165) is 5.56 Å². The van der Waals surface area contributed by atoms with Crippen LogP contribution in [0.2, 0.25) is 0 Å². The number of rotatable bonds is 7. The molecule has 0 radical (unpaired) electrons. The monoisotopic (exact) mass is 709 g/mol. The van der Waals surface area contributed by atoms with Crippen LogP contribution in [0.15, 0.2) is 89.9 Å². The number of benzene rings is 3. The molecule has 12 heteroatoms. The Morgan fingerprint density at radius 2 is 1.42 bits per heavy atom. The summed E-state index contributed by atoms with van der Waals surface area (Å²) in [4.78, 5) is 59.5. The fourth-order valence-corrected chi connectivity index (χ4v) is 4.81. The minimum absolute atomic E-state index is 0.118. The topological polar surface area (TPSA) is 157 Å². The number of fused-ring (bicyclic) bond motifs is 1. The van der Waals surface area contributed by atoms with Crippen LogP contribution in [0.25, 0.3) is 10.9 Å². The molecule has 52 heavy (non-hydrogen) atoms. The predicted molar refractivity (Wildman–Crippen MR) is 201 cm³/mol. The molecule has 12 nitrogen and oxygen atoms in total. The van der Waals surface area contributed by atoms with Crippen LogP contribution in [0.3, 0.4) is 0 Å². The lowest BCUT2D eigenvalue weighted by molar-refractivity contribution is 0.0561. The molecule has 3 amide bonds. The second kappa shape index (κ2) is 16.1. The summed E-state index contributed by atoms with van der Waals surface area (Å²) in [6.07, 6.45) is -1.07. The van der Waals surface area contributed by atoms with Gasteiger partial charge in [-0.1, -0.05) is 57.2 Å². The Bertz CT molecular complexity index is 1940. The molecule has 0 aliphatic carbocycles. The Hall–Kier alpha value is -5.78. The molecule has 274 valence electrons. The third-order valence-electron chi connectivity index (χ3n) is 7.34. The Kier molecular flexibility index (Phi) is 12.0. The molecule has 0 fully saturated rings. The van der Waals surface area contributed by atoms with E-state index in [1.807, 2.05) is 30.3 Å². The number of aromatic nitrogens is 1. The second-order valence-corrected chi connectivity index (χ2v) is 15.3. The van der Waals surface area contributed by atoms with Crippen molar-refractivity contribution in [1.29, 1.82) is 0 Å². The van der Waals surface area contributed by atoms with E-state index in [2.05, 4.69) is 46.7 Å². The normalized spacial score (nSPS) is 12.8. The third kappa shape index (κ3) is 12.2. The number of nitrogens with one attached hydrogen (secondary N) is 3. The number of alkyl carbamates (subject to hydrolysis) is 1. The van der Waals surface area contributed by atoms with Crippen LogP contribution in [0.5, 0.6) is 5.75 Å². The van der Waals surface area contributed by atoms with Crippen LogP contribution in [0.1, 0.15) is 88.7 Å². The number of amides is 3. The minimum Gasteiger partial charge on any atom is -0.444 e. The van der Waals surface area contributed by atoms with Gasteiger partial charge in [0.2, 0.25) is 5.96 Å². The molecule has 0 bridgehead atoms. The van der Waals surface area contributed by atoms with E-state index < -0.39 is 29.4 Å². The average molecular weight is 710 g/mol. The van der Waals surface area contributed by atoms with E-state index in [1.54, 1.807) is 84.0 Å². The molecule has 0 aliphatic heterocycles. The highest BCUT2D eigenvalue weighted by atomic mass is 16.6. The maximum atomic E-state index is 13.3. The van der Waals surface area contributed by atoms with Crippen molar-refractivity contribution < 1.29 is 33.4 Å². The number of esters is 1. The van der Waals surface area contributed by atoms with Crippen LogP contribution in [0.4, 0.5) is 15.3 Å². The second-order valence-electron chi connectivity index (χ2n) is 15.3. The molecule has 0 aliphatic rings. The van der Waals surface area contributed by atoms with Gasteiger partial charge in [0.25, 0.3) is 5.91 Å². The quantitative estimate of drug-likeness (QED) is 0.0747. The molecule has 0 saturated carbocycles. The molecule has 1 heterocycles. The van der Waals surface area contributed by atoms with E-state index in [-0.39, 0.29) is 34.6 Å². The van der Waals surface area contributed by atoms with Crippen LogP contribution in [-0.4, -0.2) is 52.3 Å². The van der Waals surface area contributed by atoms with E-state index >= 15 is 0 Å². The van der Waals surface area contributed by atoms with E-state index in [4.69, 9.17) is 14.2 Å². The van der Waals surface area contributed by atoms with Gasteiger partial charge in [-0.05, 0) is 107 Å². The van der Waals surface area contributed by atoms with Crippen molar-refractivity contribution in [3.8, 4) is 5.75 Å². The predicted octanol–water partition coefficient (Wildman–Crippen LogP) is 8.07. The van der Waals surface area contributed by atoms with Crippen molar-refractivity contribution in [3.63, 3.8) is 0 Å². The van der Waals surface area contributed by atoms with Crippen LogP contribution in [-0.2, 0) is 15.9 Å². The molecule has 3 aromatic carbocycles. The first-order valence-corrected chi connectivity index (χ1v) is 16.9. The van der Waals surface area contributed by atoms with Gasteiger partial charge in [0.05, 0.1) is 11.1 Å². The van der Waals surface area contributed by atoms with Crippen molar-refractivity contribution >= 4 is 46.6 Å². The van der Waals surface area contributed by atoms with Gasteiger partial charge in [0.1, 0.15) is 22.6 Å². The molecule has 0 saturated heterocycles.